The van der Waals surface area contributed by atoms with Crippen LogP contribution in [-0.2, 0) is 27.4 Å². The van der Waals surface area contributed by atoms with E-state index in [-0.39, 0.29) is 24.4 Å². The van der Waals surface area contributed by atoms with Gasteiger partial charge < -0.3 is 29.8 Å². The Morgan fingerprint density at radius 1 is 0.746 bits per heavy atom. The molecule has 0 bridgehead atoms. The summed E-state index contributed by atoms with van der Waals surface area (Å²) < 4.78 is 4.85. The molecule has 3 amide bonds. The first-order chi connectivity index (χ1) is 28.5. The van der Waals surface area contributed by atoms with Crippen LogP contribution in [0, 0.1) is 11.8 Å². The molecule has 7 aromatic rings. The van der Waals surface area contributed by atoms with Crippen molar-refractivity contribution in [2.45, 2.75) is 86.0 Å². The number of ether oxygens (including phenoxy) is 1. The minimum Gasteiger partial charge on any atom is -0.453 e. The smallest absolute Gasteiger partial charge is 0.407 e. The Kier molecular flexibility index (Phi) is 12.3. The first-order valence-electron chi connectivity index (χ1n) is 20.8. The first kappa shape index (κ1) is 40.9. The number of benzene rings is 5. The molecule has 0 saturated carbocycles. The molecule has 3 N–H and O–H groups in total. The maximum Gasteiger partial charge on any atom is 0.407 e. The second kappa shape index (κ2) is 17.7. The molecule has 11 nitrogen and oxygen atoms in total. The SMILES string of the molecule is CCCN(Cc1nc2c(ccc3cc(-c4ccc5c(ccc6[nH]c(CN(C(=O)C[C@@H](C)CC)C(C)C(C)C)nc65)c4)ccc32)[nH]1)C(=O)[C@H](NC(=O)OC)c1ccccc1. The van der Waals surface area contributed by atoms with E-state index in [2.05, 4.69) is 105 Å². The Morgan fingerprint density at radius 2 is 1.32 bits per heavy atom. The third-order valence-electron chi connectivity index (χ3n) is 11.7. The average Bonchev–Trinajstić information content (AvgIpc) is 3.87. The van der Waals surface area contributed by atoms with Gasteiger partial charge in [0.1, 0.15) is 17.7 Å². The third kappa shape index (κ3) is 8.79. The van der Waals surface area contributed by atoms with E-state index in [1.807, 2.05) is 48.2 Å². The molecule has 5 aromatic carbocycles. The summed E-state index contributed by atoms with van der Waals surface area (Å²) in [5.74, 6) is 2.05. The van der Waals surface area contributed by atoms with Crippen molar-refractivity contribution in [2.75, 3.05) is 13.7 Å². The summed E-state index contributed by atoms with van der Waals surface area (Å²) in [6.45, 7) is 13.9. The number of hydrogen-bond donors (Lipinski definition) is 3. The zero-order valence-corrected chi connectivity index (χ0v) is 35.1. The highest BCUT2D eigenvalue weighted by atomic mass is 16.5. The molecular weight excluding hydrogens is 739 g/mol. The Bertz CT molecular complexity index is 2610. The normalized spacial score (nSPS) is 13.2. The number of carbonyl (C=O) groups excluding carboxylic acids is 3. The number of H-pyrrole nitrogens is 2. The quantitative estimate of drug-likeness (QED) is 0.0946. The van der Waals surface area contributed by atoms with Crippen LogP contribution in [0.3, 0.4) is 0 Å². The first-order valence-corrected chi connectivity index (χ1v) is 20.8. The Labute approximate surface area is 345 Å². The van der Waals surface area contributed by atoms with Crippen LogP contribution < -0.4 is 5.32 Å². The van der Waals surface area contributed by atoms with Gasteiger partial charge in [-0.3, -0.25) is 9.59 Å². The molecule has 2 aromatic heterocycles. The van der Waals surface area contributed by atoms with Crippen LogP contribution in [0.4, 0.5) is 4.79 Å². The lowest BCUT2D eigenvalue weighted by Gasteiger charge is -2.32. The van der Waals surface area contributed by atoms with Crippen molar-refractivity contribution in [3.8, 4) is 11.1 Å². The van der Waals surface area contributed by atoms with Crippen molar-refractivity contribution in [3.05, 3.63) is 108 Å². The number of aromatic amines is 2. The van der Waals surface area contributed by atoms with Gasteiger partial charge in [0.15, 0.2) is 0 Å². The predicted molar refractivity (Wildman–Crippen MR) is 236 cm³/mol. The lowest BCUT2D eigenvalue weighted by atomic mass is 9.98. The maximum absolute atomic E-state index is 14.0. The second-order valence-electron chi connectivity index (χ2n) is 16.1. The van der Waals surface area contributed by atoms with Crippen molar-refractivity contribution in [1.29, 1.82) is 0 Å². The number of imidazole rings is 2. The number of aromatic nitrogens is 4. The van der Waals surface area contributed by atoms with Gasteiger partial charge in [-0.2, -0.15) is 0 Å². The Morgan fingerprint density at radius 3 is 1.85 bits per heavy atom. The molecular formula is C48H55N7O4. The van der Waals surface area contributed by atoms with E-state index < -0.39 is 12.1 Å². The van der Waals surface area contributed by atoms with Gasteiger partial charge in [-0.05, 0) is 76.9 Å². The van der Waals surface area contributed by atoms with Gasteiger partial charge in [0.25, 0.3) is 0 Å². The summed E-state index contributed by atoms with van der Waals surface area (Å²) in [6.07, 6.45) is 1.57. The lowest BCUT2D eigenvalue weighted by molar-refractivity contribution is -0.136. The molecule has 3 atom stereocenters. The summed E-state index contributed by atoms with van der Waals surface area (Å²) in [4.78, 5) is 60.4. The molecule has 1 unspecified atom stereocenters. The molecule has 0 radical (unpaired) electrons. The second-order valence-corrected chi connectivity index (χ2v) is 16.1. The molecule has 11 heteroatoms. The molecule has 0 aliphatic rings. The van der Waals surface area contributed by atoms with Crippen LogP contribution in [0.2, 0.25) is 0 Å². The monoisotopic (exact) mass is 793 g/mol. The lowest BCUT2D eigenvalue weighted by Crippen LogP contribution is -2.43. The number of nitrogens with one attached hydrogen (secondary N) is 3. The van der Waals surface area contributed by atoms with Gasteiger partial charge in [0, 0.05) is 29.8 Å². The van der Waals surface area contributed by atoms with Gasteiger partial charge >= 0.3 is 6.09 Å². The summed E-state index contributed by atoms with van der Waals surface area (Å²) in [5, 5.41) is 6.92. The van der Waals surface area contributed by atoms with Crippen LogP contribution in [0.5, 0.6) is 0 Å². The van der Waals surface area contributed by atoms with Gasteiger partial charge in [-0.25, -0.2) is 14.8 Å². The number of amides is 3. The molecule has 2 heterocycles. The number of rotatable bonds is 15. The van der Waals surface area contributed by atoms with Crippen LogP contribution >= 0.6 is 0 Å². The van der Waals surface area contributed by atoms with Crippen molar-refractivity contribution >= 4 is 61.5 Å². The average molecular weight is 794 g/mol. The van der Waals surface area contributed by atoms with E-state index in [9.17, 15) is 14.4 Å². The summed E-state index contributed by atoms with van der Waals surface area (Å²) in [7, 11) is 1.28. The Balaban J connectivity index is 1.13. The molecule has 0 saturated heterocycles. The van der Waals surface area contributed by atoms with Crippen LogP contribution in [0.15, 0.2) is 91.0 Å². The van der Waals surface area contributed by atoms with Crippen molar-refractivity contribution in [3.63, 3.8) is 0 Å². The minimum atomic E-state index is -0.901. The van der Waals surface area contributed by atoms with E-state index >= 15 is 0 Å². The zero-order chi connectivity index (χ0) is 41.8. The van der Waals surface area contributed by atoms with E-state index in [0.717, 1.165) is 73.4 Å². The molecule has 0 aliphatic heterocycles. The summed E-state index contributed by atoms with van der Waals surface area (Å²) in [5.41, 5.74) is 6.42. The fraction of sp³-hybridized carbons (Fsp3) is 0.354. The van der Waals surface area contributed by atoms with Gasteiger partial charge in [0.2, 0.25) is 11.8 Å². The van der Waals surface area contributed by atoms with Crippen LogP contribution in [-0.4, -0.2) is 67.3 Å². The molecule has 306 valence electrons. The fourth-order valence-corrected chi connectivity index (χ4v) is 7.77. The van der Waals surface area contributed by atoms with Crippen LogP contribution in [0.25, 0.3) is 54.7 Å². The zero-order valence-electron chi connectivity index (χ0n) is 35.1. The summed E-state index contributed by atoms with van der Waals surface area (Å²) >= 11 is 0. The number of nitrogens with zero attached hydrogens (tertiary/aromatic N) is 4. The van der Waals surface area contributed by atoms with Crippen molar-refractivity contribution in [1.82, 2.24) is 35.1 Å². The standard InChI is InChI=1S/C48H55N7O4/c1-8-23-54(47(57)44(53-48(58)59-7)32-13-11-10-12-14-32)27-41-49-39-21-17-35-25-33(15-19-37(35)45(39)51-41)34-16-20-38-36(26-34)18-22-40-46(38)52-42(50-40)28-55(31(6)29(3)4)43(56)24-30(5)9-2/h10-22,25-26,29-31,44H,8-9,23-24,27-28H2,1-7H3,(H,49,51)(H,50,52)(H,53,58)/t30-,31?,44+/m0/s1. The molecule has 0 fully saturated rings. The van der Waals surface area contributed by atoms with E-state index in [1.54, 1.807) is 4.90 Å². The van der Waals surface area contributed by atoms with E-state index in [0.29, 0.717) is 42.7 Å². The van der Waals surface area contributed by atoms with Crippen molar-refractivity contribution < 1.29 is 19.1 Å². The van der Waals surface area contributed by atoms with Gasteiger partial charge in [-0.15, -0.1) is 0 Å². The van der Waals surface area contributed by atoms with E-state index in [1.165, 1.54) is 7.11 Å². The molecule has 0 spiro atoms. The topological polar surface area (TPSA) is 136 Å². The minimum absolute atomic E-state index is 0.0930. The van der Waals surface area contributed by atoms with Crippen molar-refractivity contribution in [2.24, 2.45) is 11.8 Å². The number of hydrogen-bond acceptors (Lipinski definition) is 6. The highest BCUT2D eigenvalue weighted by molar-refractivity contribution is 6.07. The molecule has 0 aliphatic carbocycles. The number of fused-ring (bicyclic) bond motifs is 6. The fourth-order valence-electron chi connectivity index (χ4n) is 7.77. The number of methoxy groups -OCH3 is 1. The third-order valence-corrected chi connectivity index (χ3v) is 11.7. The van der Waals surface area contributed by atoms with Gasteiger partial charge in [0.05, 0.1) is 42.3 Å². The van der Waals surface area contributed by atoms with Crippen LogP contribution in [0.1, 0.15) is 84.1 Å². The highest BCUT2D eigenvalue weighted by Gasteiger charge is 2.29. The van der Waals surface area contributed by atoms with E-state index in [4.69, 9.17) is 14.7 Å². The predicted octanol–water partition coefficient (Wildman–Crippen LogP) is 10.1. The van der Waals surface area contributed by atoms with Gasteiger partial charge in [-0.1, -0.05) is 108 Å². The molecule has 7 rings (SSSR count). The Hall–Kier alpha value is -6.23. The maximum atomic E-state index is 14.0. The molecule has 59 heavy (non-hydrogen) atoms. The highest BCUT2D eigenvalue weighted by Crippen LogP contribution is 2.33. The largest absolute Gasteiger partial charge is 0.453 e. The number of carbonyl (C=O) groups is 3. The number of alkyl carbamates (subject to hydrolysis) is 1. The summed E-state index contributed by atoms with van der Waals surface area (Å²) in [6, 6.07) is 29.6.